The Balaban J connectivity index is 2.17. The summed E-state index contributed by atoms with van der Waals surface area (Å²) in [5, 5.41) is 9.50. The molecule has 4 heteroatoms. The SMILES string of the molecule is CC1(C)CCCN(C(=O)c2cc(O)ccc2N)CC1. The minimum Gasteiger partial charge on any atom is -0.508 e. The van der Waals surface area contributed by atoms with Crippen LogP contribution in [0.1, 0.15) is 43.5 Å². The molecular formula is C15H22N2O2. The molecule has 1 amide bonds. The molecule has 0 bridgehead atoms. The Morgan fingerprint density at radius 2 is 2.05 bits per heavy atom. The van der Waals surface area contributed by atoms with Gasteiger partial charge in [-0.05, 0) is 42.9 Å². The van der Waals surface area contributed by atoms with Gasteiger partial charge in [0.25, 0.3) is 5.91 Å². The Kier molecular flexibility index (Phi) is 3.69. The number of rotatable bonds is 1. The summed E-state index contributed by atoms with van der Waals surface area (Å²) in [5.41, 5.74) is 6.95. The Labute approximate surface area is 114 Å². The normalized spacial score (nSPS) is 18.9. The number of carbonyl (C=O) groups is 1. The van der Waals surface area contributed by atoms with Crippen molar-refractivity contribution in [3.8, 4) is 5.75 Å². The molecule has 0 unspecified atom stereocenters. The molecule has 1 aliphatic rings. The quantitative estimate of drug-likeness (QED) is 0.604. The fourth-order valence-corrected chi connectivity index (χ4v) is 2.53. The van der Waals surface area contributed by atoms with Gasteiger partial charge < -0.3 is 15.7 Å². The number of benzene rings is 1. The zero-order valence-corrected chi connectivity index (χ0v) is 11.6. The van der Waals surface area contributed by atoms with E-state index >= 15 is 0 Å². The van der Waals surface area contributed by atoms with Gasteiger partial charge in [-0.15, -0.1) is 0 Å². The van der Waals surface area contributed by atoms with Gasteiger partial charge in [0.1, 0.15) is 5.75 Å². The smallest absolute Gasteiger partial charge is 0.256 e. The van der Waals surface area contributed by atoms with Crippen molar-refractivity contribution < 1.29 is 9.90 Å². The number of carbonyl (C=O) groups excluding carboxylic acids is 1. The fourth-order valence-electron chi connectivity index (χ4n) is 2.53. The molecule has 0 atom stereocenters. The highest BCUT2D eigenvalue weighted by molar-refractivity contribution is 5.99. The van der Waals surface area contributed by atoms with Crippen LogP contribution in [-0.4, -0.2) is 29.0 Å². The van der Waals surface area contributed by atoms with Crippen LogP contribution in [0.5, 0.6) is 5.75 Å². The zero-order valence-electron chi connectivity index (χ0n) is 11.6. The second-order valence-electron chi connectivity index (χ2n) is 6.08. The van der Waals surface area contributed by atoms with E-state index in [0.717, 1.165) is 32.4 Å². The van der Waals surface area contributed by atoms with Gasteiger partial charge in [0, 0.05) is 18.8 Å². The number of nitrogens with two attached hydrogens (primary N) is 1. The molecule has 1 fully saturated rings. The average molecular weight is 262 g/mol. The lowest BCUT2D eigenvalue weighted by atomic mass is 9.85. The number of amides is 1. The van der Waals surface area contributed by atoms with Crippen LogP contribution in [0, 0.1) is 5.41 Å². The molecule has 0 spiro atoms. The maximum atomic E-state index is 12.5. The van der Waals surface area contributed by atoms with E-state index in [-0.39, 0.29) is 11.7 Å². The van der Waals surface area contributed by atoms with Gasteiger partial charge in [0.2, 0.25) is 0 Å². The lowest BCUT2D eigenvalue weighted by molar-refractivity contribution is 0.0758. The molecule has 0 aromatic heterocycles. The summed E-state index contributed by atoms with van der Waals surface area (Å²) >= 11 is 0. The van der Waals surface area contributed by atoms with Crippen molar-refractivity contribution >= 4 is 11.6 Å². The first-order chi connectivity index (χ1) is 8.89. The van der Waals surface area contributed by atoms with E-state index in [9.17, 15) is 9.90 Å². The van der Waals surface area contributed by atoms with Gasteiger partial charge in [-0.1, -0.05) is 13.8 Å². The number of aromatic hydroxyl groups is 1. The predicted molar refractivity (Wildman–Crippen MR) is 76.1 cm³/mol. The molecule has 1 aromatic carbocycles. The topological polar surface area (TPSA) is 66.6 Å². The molecule has 3 N–H and O–H groups in total. The van der Waals surface area contributed by atoms with Crippen molar-refractivity contribution in [3.05, 3.63) is 23.8 Å². The predicted octanol–water partition coefficient (Wildman–Crippen LogP) is 2.63. The fraction of sp³-hybridized carbons (Fsp3) is 0.533. The summed E-state index contributed by atoms with van der Waals surface area (Å²) < 4.78 is 0. The number of nitrogens with zero attached hydrogens (tertiary/aromatic N) is 1. The largest absolute Gasteiger partial charge is 0.508 e. The lowest BCUT2D eigenvalue weighted by Gasteiger charge is -2.23. The van der Waals surface area contributed by atoms with Crippen LogP contribution >= 0.6 is 0 Å². The summed E-state index contributed by atoms with van der Waals surface area (Å²) in [4.78, 5) is 14.3. The van der Waals surface area contributed by atoms with Gasteiger partial charge in [-0.3, -0.25) is 4.79 Å². The number of hydrogen-bond donors (Lipinski definition) is 2. The van der Waals surface area contributed by atoms with Crippen LogP contribution in [0.4, 0.5) is 5.69 Å². The van der Waals surface area contributed by atoms with Crippen LogP contribution in [0.3, 0.4) is 0 Å². The van der Waals surface area contributed by atoms with E-state index in [4.69, 9.17) is 5.73 Å². The Bertz CT molecular complexity index is 483. The van der Waals surface area contributed by atoms with Crippen LogP contribution in [0.15, 0.2) is 18.2 Å². The summed E-state index contributed by atoms with van der Waals surface area (Å²) in [7, 11) is 0. The van der Waals surface area contributed by atoms with E-state index in [1.54, 1.807) is 6.07 Å². The molecule has 1 heterocycles. The minimum atomic E-state index is -0.0777. The van der Waals surface area contributed by atoms with Gasteiger partial charge >= 0.3 is 0 Å². The highest BCUT2D eigenvalue weighted by Crippen LogP contribution is 2.31. The standard InChI is InChI=1S/C15H22N2O2/c1-15(2)6-3-8-17(9-7-15)14(19)12-10-11(18)4-5-13(12)16/h4-5,10,18H,3,6-9,16H2,1-2H3. The summed E-state index contributed by atoms with van der Waals surface area (Å²) in [6.45, 7) is 5.99. The van der Waals surface area contributed by atoms with Crippen molar-refractivity contribution in [1.82, 2.24) is 4.90 Å². The summed E-state index contributed by atoms with van der Waals surface area (Å²) in [5.74, 6) is -0.00111. The molecule has 4 nitrogen and oxygen atoms in total. The minimum absolute atomic E-state index is 0.0766. The summed E-state index contributed by atoms with van der Waals surface area (Å²) in [6.07, 6.45) is 3.14. The summed E-state index contributed by atoms with van der Waals surface area (Å²) in [6, 6.07) is 4.52. The van der Waals surface area contributed by atoms with E-state index in [2.05, 4.69) is 13.8 Å². The lowest BCUT2D eigenvalue weighted by Crippen LogP contribution is -2.32. The number of anilines is 1. The number of nitrogen functional groups attached to an aromatic ring is 1. The third-order valence-electron chi connectivity index (χ3n) is 3.89. The van der Waals surface area contributed by atoms with Crippen molar-refractivity contribution in [3.63, 3.8) is 0 Å². The van der Waals surface area contributed by atoms with Gasteiger partial charge in [-0.2, -0.15) is 0 Å². The first kappa shape index (κ1) is 13.7. The maximum Gasteiger partial charge on any atom is 0.256 e. The molecule has 2 rings (SSSR count). The van der Waals surface area contributed by atoms with Crippen LogP contribution in [0.25, 0.3) is 0 Å². The average Bonchev–Trinajstić information content (AvgIpc) is 2.52. The molecule has 1 aromatic rings. The van der Waals surface area contributed by atoms with Gasteiger partial charge in [0.15, 0.2) is 0 Å². The van der Waals surface area contributed by atoms with Crippen molar-refractivity contribution in [2.24, 2.45) is 5.41 Å². The van der Waals surface area contributed by atoms with E-state index < -0.39 is 0 Å². The molecular weight excluding hydrogens is 240 g/mol. The molecule has 0 aliphatic carbocycles. The molecule has 19 heavy (non-hydrogen) atoms. The van der Waals surface area contributed by atoms with E-state index in [0.29, 0.717) is 16.7 Å². The number of phenolic OH excluding ortho intramolecular Hbond substituents is 1. The highest BCUT2D eigenvalue weighted by Gasteiger charge is 2.26. The second kappa shape index (κ2) is 5.11. The Hall–Kier alpha value is -1.71. The number of hydrogen-bond acceptors (Lipinski definition) is 3. The molecule has 0 saturated carbocycles. The first-order valence-electron chi connectivity index (χ1n) is 6.77. The third-order valence-corrected chi connectivity index (χ3v) is 3.89. The van der Waals surface area contributed by atoms with E-state index in [1.165, 1.54) is 12.1 Å². The van der Waals surface area contributed by atoms with Crippen LogP contribution in [0.2, 0.25) is 0 Å². The zero-order chi connectivity index (χ0) is 14.0. The van der Waals surface area contributed by atoms with E-state index in [1.807, 2.05) is 4.90 Å². The first-order valence-corrected chi connectivity index (χ1v) is 6.77. The van der Waals surface area contributed by atoms with Gasteiger partial charge in [-0.25, -0.2) is 0 Å². The van der Waals surface area contributed by atoms with Crippen molar-refractivity contribution in [2.45, 2.75) is 33.1 Å². The van der Waals surface area contributed by atoms with Crippen molar-refractivity contribution in [1.29, 1.82) is 0 Å². The molecule has 0 radical (unpaired) electrons. The second-order valence-corrected chi connectivity index (χ2v) is 6.08. The third kappa shape index (κ3) is 3.19. The maximum absolute atomic E-state index is 12.5. The molecule has 1 aliphatic heterocycles. The monoisotopic (exact) mass is 262 g/mol. The Morgan fingerprint density at radius 1 is 1.32 bits per heavy atom. The highest BCUT2D eigenvalue weighted by atomic mass is 16.3. The Morgan fingerprint density at radius 3 is 2.79 bits per heavy atom. The van der Waals surface area contributed by atoms with Crippen LogP contribution < -0.4 is 5.73 Å². The van der Waals surface area contributed by atoms with Crippen LogP contribution in [-0.2, 0) is 0 Å². The van der Waals surface area contributed by atoms with Gasteiger partial charge in [0.05, 0.1) is 5.56 Å². The number of likely N-dealkylation sites (tertiary alicyclic amines) is 1. The molecule has 104 valence electrons. The number of phenols is 1. The van der Waals surface area contributed by atoms with Crippen molar-refractivity contribution in [2.75, 3.05) is 18.8 Å². The molecule has 1 saturated heterocycles.